The van der Waals surface area contributed by atoms with Crippen LogP contribution >= 0.6 is 0 Å². The third-order valence-corrected chi connectivity index (χ3v) is 2.23. The maximum absolute atomic E-state index is 11.8. The minimum Gasteiger partial charge on any atom is -0.493 e. The van der Waals surface area contributed by atoms with E-state index in [-0.39, 0.29) is 17.1 Å². The third kappa shape index (κ3) is 3.16. The van der Waals surface area contributed by atoms with Gasteiger partial charge in [0.2, 0.25) is 11.5 Å². The third-order valence-electron chi connectivity index (χ3n) is 2.23. The summed E-state index contributed by atoms with van der Waals surface area (Å²) in [7, 11) is 4.21. The molecule has 6 nitrogen and oxygen atoms in total. The number of hydrogen-bond acceptors (Lipinski definition) is 5. The minimum absolute atomic E-state index is 0.105. The van der Waals surface area contributed by atoms with E-state index in [4.69, 9.17) is 19.3 Å². The van der Waals surface area contributed by atoms with Crippen molar-refractivity contribution in [3.63, 3.8) is 0 Å². The van der Waals surface area contributed by atoms with Gasteiger partial charge in [0.05, 0.1) is 26.9 Å². The number of Topliss-reactive ketones (excluding diaryl/α,β-unsaturated/α-hetero) is 1. The minimum atomic E-state index is -1.38. The summed E-state index contributed by atoms with van der Waals surface area (Å²) in [6, 6.07) is 2.94. The molecule has 1 aromatic rings. The Morgan fingerprint density at radius 1 is 1.00 bits per heavy atom. The average Bonchev–Trinajstić information content (AvgIpc) is 2.42. The van der Waals surface area contributed by atoms with Gasteiger partial charge in [0.25, 0.3) is 0 Å². The van der Waals surface area contributed by atoms with Crippen molar-refractivity contribution in [3.8, 4) is 29.1 Å². The number of carbonyl (C=O) groups excluding carboxylic acids is 1. The summed E-state index contributed by atoms with van der Waals surface area (Å²) in [4.78, 5) is 22.1. The van der Waals surface area contributed by atoms with E-state index in [1.165, 1.54) is 33.5 Å². The highest BCUT2D eigenvalue weighted by atomic mass is 16.5. The molecule has 0 fully saturated rings. The van der Waals surface area contributed by atoms with Gasteiger partial charge in [-0.25, -0.2) is 4.79 Å². The Morgan fingerprint density at radius 3 is 2.11 bits per heavy atom. The maximum Gasteiger partial charge on any atom is 0.382 e. The number of carboxylic acid groups (broad SMARTS) is 1. The smallest absolute Gasteiger partial charge is 0.382 e. The SMILES string of the molecule is COc1ccc(C(=O)C#CC(=O)O)c(OC)c1OC. The van der Waals surface area contributed by atoms with Crippen molar-refractivity contribution >= 4 is 11.8 Å². The predicted molar refractivity (Wildman–Crippen MR) is 65.8 cm³/mol. The second-order valence-corrected chi connectivity index (χ2v) is 3.27. The summed E-state index contributed by atoms with van der Waals surface area (Å²) in [5.41, 5.74) is 0.105. The van der Waals surface area contributed by atoms with Gasteiger partial charge >= 0.3 is 5.97 Å². The summed E-state index contributed by atoms with van der Waals surface area (Å²) in [6.07, 6.45) is 0. The van der Waals surface area contributed by atoms with Crippen LogP contribution in [-0.4, -0.2) is 38.2 Å². The molecule has 0 aliphatic rings. The maximum atomic E-state index is 11.8. The fourth-order valence-corrected chi connectivity index (χ4v) is 1.46. The fraction of sp³-hybridized carbons (Fsp3) is 0.231. The van der Waals surface area contributed by atoms with E-state index in [1.807, 2.05) is 5.92 Å². The molecule has 100 valence electrons. The van der Waals surface area contributed by atoms with Gasteiger partial charge < -0.3 is 19.3 Å². The number of aliphatic carboxylic acids is 1. The van der Waals surface area contributed by atoms with Crippen molar-refractivity contribution in [2.45, 2.75) is 0 Å². The van der Waals surface area contributed by atoms with Crippen LogP contribution in [0.1, 0.15) is 10.4 Å². The average molecular weight is 264 g/mol. The number of ketones is 1. The monoisotopic (exact) mass is 264 g/mol. The largest absolute Gasteiger partial charge is 0.493 e. The van der Waals surface area contributed by atoms with Gasteiger partial charge in [-0.1, -0.05) is 0 Å². The summed E-state index contributed by atoms with van der Waals surface area (Å²) >= 11 is 0. The molecule has 1 rings (SSSR count). The second-order valence-electron chi connectivity index (χ2n) is 3.27. The van der Waals surface area contributed by atoms with Crippen molar-refractivity contribution in [2.75, 3.05) is 21.3 Å². The van der Waals surface area contributed by atoms with Crippen molar-refractivity contribution in [3.05, 3.63) is 17.7 Å². The first-order chi connectivity index (χ1) is 9.04. The van der Waals surface area contributed by atoms with Gasteiger partial charge in [0, 0.05) is 5.92 Å². The molecule has 0 amide bonds. The fourth-order valence-electron chi connectivity index (χ4n) is 1.46. The lowest BCUT2D eigenvalue weighted by Gasteiger charge is -2.13. The Kier molecular flexibility index (Phi) is 4.77. The van der Waals surface area contributed by atoms with E-state index >= 15 is 0 Å². The molecule has 0 aliphatic heterocycles. The van der Waals surface area contributed by atoms with Crippen LogP contribution < -0.4 is 14.2 Å². The number of methoxy groups -OCH3 is 3. The van der Waals surface area contributed by atoms with Crippen LogP contribution in [-0.2, 0) is 4.79 Å². The van der Waals surface area contributed by atoms with Crippen molar-refractivity contribution in [1.29, 1.82) is 0 Å². The molecule has 0 saturated carbocycles. The van der Waals surface area contributed by atoms with Crippen LogP contribution in [0.15, 0.2) is 12.1 Å². The normalized spacial score (nSPS) is 9.00. The second kappa shape index (κ2) is 6.31. The Balaban J connectivity index is 3.34. The Hall–Kier alpha value is -2.68. The molecule has 1 aromatic carbocycles. The highest BCUT2D eigenvalue weighted by Crippen LogP contribution is 2.39. The van der Waals surface area contributed by atoms with Crippen LogP contribution in [0.2, 0.25) is 0 Å². The Morgan fingerprint density at radius 2 is 1.63 bits per heavy atom. The first-order valence-electron chi connectivity index (χ1n) is 5.13. The summed E-state index contributed by atoms with van der Waals surface area (Å²) < 4.78 is 15.3. The Bertz CT molecular complexity index is 564. The van der Waals surface area contributed by atoms with E-state index in [9.17, 15) is 9.59 Å². The van der Waals surface area contributed by atoms with Crippen LogP contribution in [0, 0.1) is 11.8 Å². The molecule has 0 spiro atoms. The highest BCUT2D eigenvalue weighted by molar-refractivity contribution is 6.13. The molecule has 0 aromatic heterocycles. The number of rotatable bonds is 4. The molecule has 0 unspecified atom stereocenters. The van der Waals surface area contributed by atoms with Gasteiger partial charge in [0.1, 0.15) is 0 Å². The molecule has 0 atom stereocenters. The number of hydrogen-bond donors (Lipinski definition) is 1. The van der Waals surface area contributed by atoms with E-state index in [0.717, 1.165) is 0 Å². The van der Waals surface area contributed by atoms with Crippen LogP contribution in [0.3, 0.4) is 0 Å². The molecular formula is C13H12O6. The van der Waals surface area contributed by atoms with Gasteiger partial charge in [-0.3, -0.25) is 4.79 Å². The molecule has 1 N–H and O–H groups in total. The molecule has 0 bridgehead atoms. The summed E-state index contributed by atoms with van der Waals surface area (Å²) in [5.74, 6) is 2.46. The van der Waals surface area contributed by atoms with Gasteiger partial charge in [0.15, 0.2) is 11.5 Å². The number of carbonyl (C=O) groups is 2. The number of carboxylic acids is 1. The van der Waals surface area contributed by atoms with Gasteiger partial charge in [-0.15, -0.1) is 0 Å². The summed E-state index contributed by atoms with van der Waals surface area (Å²) in [5, 5.41) is 8.42. The number of benzene rings is 1. The van der Waals surface area contributed by atoms with E-state index in [1.54, 1.807) is 5.92 Å². The first kappa shape index (κ1) is 14.4. The summed E-state index contributed by atoms with van der Waals surface area (Å²) in [6.45, 7) is 0. The molecule has 19 heavy (non-hydrogen) atoms. The zero-order chi connectivity index (χ0) is 14.4. The lowest BCUT2D eigenvalue weighted by molar-refractivity contribution is -0.130. The lowest BCUT2D eigenvalue weighted by atomic mass is 10.1. The number of ether oxygens (including phenoxy) is 3. The van der Waals surface area contributed by atoms with E-state index in [2.05, 4.69) is 0 Å². The molecule has 0 radical (unpaired) electrons. The standard InChI is InChI=1S/C13H12O6/c1-17-10-6-4-8(9(14)5-7-11(15)16)12(18-2)13(10)19-3/h4,6H,1-3H3,(H,15,16). The van der Waals surface area contributed by atoms with Crippen LogP contribution in [0.25, 0.3) is 0 Å². The first-order valence-corrected chi connectivity index (χ1v) is 5.13. The zero-order valence-corrected chi connectivity index (χ0v) is 10.6. The lowest BCUT2D eigenvalue weighted by Crippen LogP contribution is -2.03. The zero-order valence-electron chi connectivity index (χ0n) is 10.6. The molecule has 0 saturated heterocycles. The highest BCUT2D eigenvalue weighted by Gasteiger charge is 2.19. The van der Waals surface area contributed by atoms with Crippen molar-refractivity contribution < 1.29 is 28.9 Å². The molecular weight excluding hydrogens is 252 g/mol. The van der Waals surface area contributed by atoms with Gasteiger partial charge in [-0.2, -0.15) is 0 Å². The quantitative estimate of drug-likeness (QED) is 0.496. The van der Waals surface area contributed by atoms with Crippen LogP contribution in [0.5, 0.6) is 17.2 Å². The van der Waals surface area contributed by atoms with Crippen molar-refractivity contribution in [2.24, 2.45) is 0 Å². The van der Waals surface area contributed by atoms with E-state index in [0.29, 0.717) is 5.75 Å². The van der Waals surface area contributed by atoms with Crippen molar-refractivity contribution in [1.82, 2.24) is 0 Å². The molecule has 0 heterocycles. The van der Waals surface area contributed by atoms with Crippen LogP contribution in [0.4, 0.5) is 0 Å². The topological polar surface area (TPSA) is 82.1 Å². The molecule has 6 heteroatoms. The predicted octanol–water partition coefficient (Wildman–Crippen LogP) is 0.983. The Labute approximate surface area is 109 Å². The molecule has 0 aliphatic carbocycles. The van der Waals surface area contributed by atoms with Gasteiger partial charge in [-0.05, 0) is 18.1 Å². The van der Waals surface area contributed by atoms with E-state index < -0.39 is 11.8 Å².